The lowest BCUT2D eigenvalue weighted by atomic mass is 9.95. The lowest BCUT2D eigenvalue weighted by molar-refractivity contribution is -0.115. The van der Waals surface area contributed by atoms with Crippen molar-refractivity contribution in [3.63, 3.8) is 0 Å². The van der Waals surface area contributed by atoms with Crippen molar-refractivity contribution in [1.29, 1.82) is 0 Å². The summed E-state index contributed by atoms with van der Waals surface area (Å²) in [7, 11) is 0. The number of hydrogen-bond acceptors (Lipinski definition) is 5. The maximum absolute atomic E-state index is 12.4. The van der Waals surface area contributed by atoms with Crippen molar-refractivity contribution in [2.24, 2.45) is 0 Å². The molecule has 0 unspecified atom stereocenters. The first-order chi connectivity index (χ1) is 15.1. The number of carbonyl (C=O) groups is 1. The molecule has 2 aromatic carbocycles. The minimum Gasteiger partial charge on any atom is -0.486 e. The van der Waals surface area contributed by atoms with Gasteiger partial charge in [-0.25, -0.2) is 4.98 Å². The zero-order valence-electron chi connectivity index (χ0n) is 17.9. The second-order valence-corrected chi connectivity index (χ2v) is 9.06. The third-order valence-corrected chi connectivity index (χ3v) is 6.34. The Hall–Kier alpha value is -2.86. The van der Waals surface area contributed by atoms with E-state index in [1.165, 1.54) is 49.0 Å². The van der Waals surface area contributed by atoms with Gasteiger partial charge in [0, 0.05) is 22.8 Å². The molecule has 0 atom stereocenters. The Labute approximate surface area is 187 Å². The highest BCUT2D eigenvalue weighted by molar-refractivity contribution is 7.09. The van der Waals surface area contributed by atoms with Crippen molar-refractivity contribution in [3.05, 3.63) is 70.2 Å². The first-order valence-electron chi connectivity index (χ1n) is 10.9. The number of aryl methyl sites for hydroxylation is 1. The van der Waals surface area contributed by atoms with E-state index in [9.17, 15) is 4.79 Å². The number of rotatable bonds is 8. The molecule has 0 aliphatic heterocycles. The minimum atomic E-state index is -0.0655. The molecule has 4 rings (SSSR count). The zero-order chi connectivity index (χ0) is 21.5. The lowest BCUT2D eigenvalue weighted by Crippen LogP contribution is -2.22. The molecule has 31 heavy (non-hydrogen) atoms. The average molecular weight is 436 g/mol. The number of hydrogen-bond donors (Lipinski definition) is 2. The van der Waals surface area contributed by atoms with E-state index in [1.807, 2.05) is 60.8 Å². The van der Waals surface area contributed by atoms with E-state index >= 15 is 0 Å². The number of thiazole rings is 1. The Bertz CT molecular complexity index is 977. The summed E-state index contributed by atoms with van der Waals surface area (Å²) >= 11 is 1.51. The summed E-state index contributed by atoms with van der Waals surface area (Å²) < 4.78 is 5.77. The molecule has 1 saturated carbocycles. The normalized spacial score (nSPS) is 14.2. The van der Waals surface area contributed by atoms with Crippen molar-refractivity contribution >= 4 is 28.6 Å². The van der Waals surface area contributed by atoms with Gasteiger partial charge in [-0.15, -0.1) is 11.3 Å². The summed E-state index contributed by atoms with van der Waals surface area (Å²) in [5.41, 5.74) is 3.88. The highest BCUT2D eigenvalue weighted by atomic mass is 32.1. The van der Waals surface area contributed by atoms with Crippen LogP contribution in [0.2, 0.25) is 0 Å². The number of aromatic nitrogens is 1. The van der Waals surface area contributed by atoms with E-state index in [0.717, 1.165) is 27.8 Å². The molecule has 2 N–H and O–H groups in total. The van der Waals surface area contributed by atoms with Gasteiger partial charge in [0.25, 0.3) is 0 Å². The van der Waals surface area contributed by atoms with Crippen LogP contribution in [0.1, 0.15) is 48.4 Å². The van der Waals surface area contributed by atoms with Gasteiger partial charge in [0.2, 0.25) is 5.91 Å². The van der Waals surface area contributed by atoms with Gasteiger partial charge in [0.15, 0.2) is 0 Å². The van der Waals surface area contributed by atoms with Gasteiger partial charge in [0.05, 0.1) is 12.1 Å². The zero-order valence-corrected chi connectivity index (χ0v) is 18.7. The molecule has 0 spiro atoms. The van der Waals surface area contributed by atoms with Crippen LogP contribution in [0.3, 0.4) is 0 Å². The molecule has 162 valence electrons. The average Bonchev–Trinajstić information content (AvgIpc) is 3.22. The fraction of sp³-hybridized carbons (Fsp3) is 0.360. The van der Waals surface area contributed by atoms with Crippen molar-refractivity contribution in [1.82, 2.24) is 4.98 Å². The molecule has 1 heterocycles. The molecule has 1 fully saturated rings. The molecule has 0 bridgehead atoms. The van der Waals surface area contributed by atoms with E-state index in [2.05, 4.69) is 15.6 Å². The first-order valence-corrected chi connectivity index (χ1v) is 11.8. The molecule has 0 radical (unpaired) electrons. The maximum atomic E-state index is 12.4. The largest absolute Gasteiger partial charge is 0.486 e. The molecule has 1 aromatic heterocycles. The van der Waals surface area contributed by atoms with Gasteiger partial charge >= 0.3 is 0 Å². The SMILES string of the molecule is Cc1ccc(OCc2nc(CC(=O)Nc3ccc(NC4CCCCC4)cc3)cs2)cc1. The third kappa shape index (κ3) is 6.56. The third-order valence-electron chi connectivity index (χ3n) is 5.47. The van der Waals surface area contributed by atoms with Crippen LogP contribution < -0.4 is 15.4 Å². The molecule has 0 saturated heterocycles. The quantitative estimate of drug-likeness (QED) is 0.458. The minimum absolute atomic E-state index is 0.0655. The highest BCUT2D eigenvalue weighted by Gasteiger charge is 2.13. The van der Waals surface area contributed by atoms with Gasteiger partial charge in [-0.1, -0.05) is 37.0 Å². The Kier molecular flexibility index (Phi) is 7.20. The van der Waals surface area contributed by atoms with Gasteiger partial charge in [0.1, 0.15) is 17.4 Å². The van der Waals surface area contributed by atoms with Crippen molar-refractivity contribution in [3.8, 4) is 5.75 Å². The number of carbonyl (C=O) groups excluding carboxylic acids is 1. The Morgan fingerprint density at radius 1 is 1.03 bits per heavy atom. The van der Waals surface area contributed by atoms with Crippen LogP contribution in [0.25, 0.3) is 0 Å². The molecular weight excluding hydrogens is 406 g/mol. The summed E-state index contributed by atoms with van der Waals surface area (Å²) in [5, 5.41) is 9.34. The number of amides is 1. The van der Waals surface area contributed by atoms with Crippen molar-refractivity contribution < 1.29 is 9.53 Å². The van der Waals surface area contributed by atoms with Crippen molar-refractivity contribution in [2.75, 3.05) is 10.6 Å². The van der Waals surface area contributed by atoms with E-state index in [4.69, 9.17) is 4.74 Å². The number of anilines is 2. The summed E-state index contributed by atoms with van der Waals surface area (Å²) in [6.07, 6.45) is 6.70. The number of nitrogens with zero attached hydrogens (tertiary/aromatic N) is 1. The lowest BCUT2D eigenvalue weighted by Gasteiger charge is -2.23. The standard InChI is InChI=1S/C25H29N3O2S/c1-18-7-13-23(14-8-18)30-16-25-28-22(17-31-25)15-24(29)27-21-11-9-20(10-12-21)26-19-5-3-2-4-6-19/h7-14,17,19,26H,2-6,15-16H2,1H3,(H,27,29). The summed E-state index contributed by atoms with van der Waals surface area (Å²) in [4.78, 5) is 16.9. The van der Waals surface area contributed by atoms with E-state index in [-0.39, 0.29) is 12.3 Å². The predicted molar refractivity (Wildman–Crippen MR) is 127 cm³/mol. The smallest absolute Gasteiger partial charge is 0.230 e. The molecule has 6 heteroatoms. The summed E-state index contributed by atoms with van der Waals surface area (Å²) in [6.45, 7) is 2.45. The fourth-order valence-electron chi connectivity index (χ4n) is 3.78. The van der Waals surface area contributed by atoms with Crippen LogP contribution in [0.15, 0.2) is 53.9 Å². The van der Waals surface area contributed by atoms with Gasteiger partial charge in [-0.05, 0) is 56.2 Å². The molecule has 1 amide bonds. The highest BCUT2D eigenvalue weighted by Crippen LogP contribution is 2.23. The van der Waals surface area contributed by atoms with E-state index in [0.29, 0.717) is 12.6 Å². The van der Waals surface area contributed by atoms with Crippen LogP contribution in [-0.2, 0) is 17.8 Å². The maximum Gasteiger partial charge on any atom is 0.230 e. The van der Waals surface area contributed by atoms with E-state index in [1.54, 1.807) is 0 Å². The Balaban J connectivity index is 1.23. The summed E-state index contributed by atoms with van der Waals surface area (Å²) in [6, 6.07) is 16.5. The first kappa shape index (κ1) is 21.4. The van der Waals surface area contributed by atoms with E-state index < -0.39 is 0 Å². The number of benzene rings is 2. The molecule has 1 aliphatic carbocycles. The Morgan fingerprint density at radius 3 is 2.48 bits per heavy atom. The molecule has 5 nitrogen and oxygen atoms in total. The molecular formula is C25H29N3O2S. The van der Waals surface area contributed by atoms with Crippen LogP contribution in [0.5, 0.6) is 5.75 Å². The second-order valence-electron chi connectivity index (χ2n) is 8.12. The van der Waals surface area contributed by atoms with Crippen LogP contribution in [0, 0.1) is 6.92 Å². The van der Waals surface area contributed by atoms with Gasteiger partial charge in [-0.3, -0.25) is 4.79 Å². The summed E-state index contributed by atoms with van der Waals surface area (Å²) in [5.74, 6) is 0.755. The monoisotopic (exact) mass is 435 g/mol. The van der Waals surface area contributed by atoms with Crippen LogP contribution in [0.4, 0.5) is 11.4 Å². The molecule has 1 aliphatic rings. The predicted octanol–water partition coefficient (Wildman–Crippen LogP) is 5.96. The Morgan fingerprint density at radius 2 is 1.74 bits per heavy atom. The van der Waals surface area contributed by atoms with Gasteiger partial charge in [-0.2, -0.15) is 0 Å². The second kappa shape index (κ2) is 10.4. The van der Waals surface area contributed by atoms with Crippen molar-refractivity contribution in [2.45, 2.75) is 58.1 Å². The number of nitrogens with one attached hydrogen (secondary N) is 2. The van der Waals surface area contributed by atoms with Gasteiger partial charge < -0.3 is 15.4 Å². The van der Waals surface area contributed by atoms with Crippen LogP contribution >= 0.6 is 11.3 Å². The number of ether oxygens (including phenoxy) is 1. The van der Waals surface area contributed by atoms with Crippen LogP contribution in [-0.4, -0.2) is 16.9 Å². The fourth-order valence-corrected chi connectivity index (χ4v) is 4.48. The molecule has 3 aromatic rings. The topological polar surface area (TPSA) is 63.2 Å².